The van der Waals surface area contributed by atoms with Crippen LogP contribution < -0.4 is 5.32 Å². The van der Waals surface area contributed by atoms with Crippen molar-refractivity contribution in [3.63, 3.8) is 0 Å². The van der Waals surface area contributed by atoms with Crippen molar-refractivity contribution in [3.05, 3.63) is 75.8 Å². The first kappa shape index (κ1) is 32.7. The lowest BCUT2D eigenvalue weighted by molar-refractivity contribution is -0.941. The SMILES string of the molecule is CC1=CC(C)=[N+]2C1=Cc1ccc(CCC(=O)NCCOCC[N+](CCO)(CCO)Cc3ccc4c(c3)C(=O)N(C)C4)n1[B-]2(F)F. The second kappa shape index (κ2) is 13.4. The third kappa shape index (κ3) is 6.67. The zero-order valence-corrected chi connectivity index (χ0v) is 26.3. The highest BCUT2D eigenvalue weighted by Gasteiger charge is 2.52. The molecule has 10 nitrogen and oxygen atoms in total. The van der Waals surface area contributed by atoms with Crippen molar-refractivity contribution in [2.24, 2.45) is 0 Å². The fraction of sp³-hybridized carbons (Fsp3) is 0.469. The molecule has 3 aliphatic heterocycles. The quantitative estimate of drug-likeness (QED) is 0.160. The molecule has 0 saturated carbocycles. The van der Waals surface area contributed by atoms with Crippen LogP contribution in [-0.4, -0.2) is 113 Å². The van der Waals surface area contributed by atoms with Gasteiger partial charge in [0.25, 0.3) is 5.91 Å². The fourth-order valence-electron chi connectivity index (χ4n) is 6.83. The van der Waals surface area contributed by atoms with Crippen molar-refractivity contribution < 1.29 is 42.1 Å². The summed E-state index contributed by atoms with van der Waals surface area (Å²) >= 11 is 0. The number of aliphatic hydroxyl groups is 2. The van der Waals surface area contributed by atoms with Crippen LogP contribution in [-0.2, 0) is 29.0 Å². The van der Waals surface area contributed by atoms with E-state index in [4.69, 9.17) is 4.74 Å². The molecule has 3 N–H and O–H groups in total. The first-order chi connectivity index (χ1) is 21.5. The number of ether oxygens (including phenoxy) is 1. The standard InChI is InChI=1S/C32H42BF2N5O5/c1-23-18-24(2)38-30(23)20-28-7-6-27(39(28)33(38,34)35)8-9-31(43)36-10-16-45-17-13-40(11-14-41,12-15-42)22-25-4-5-26-21-37(3)32(44)29(26)19-25/h4-7,18-20,41-42H,8-17,21-22H2,1-3H3/p+1. The van der Waals surface area contributed by atoms with E-state index in [2.05, 4.69) is 5.32 Å². The maximum atomic E-state index is 15.6. The molecular weight excluding hydrogens is 583 g/mol. The van der Waals surface area contributed by atoms with Crippen LogP contribution in [0.25, 0.3) is 6.08 Å². The van der Waals surface area contributed by atoms with E-state index in [9.17, 15) is 19.8 Å². The van der Waals surface area contributed by atoms with Crippen LogP contribution in [0.4, 0.5) is 8.63 Å². The van der Waals surface area contributed by atoms with Crippen molar-refractivity contribution in [1.29, 1.82) is 0 Å². The highest BCUT2D eigenvalue weighted by molar-refractivity contribution is 6.58. The zero-order valence-electron chi connectivity index (χ0n) is 26.3. The maximum absolute atomic E-state index is 15.6. The Balaban J connectivity index is 1.09. The van der Waals surface area contributed by atoms with Crippen LogP contribution in [0.5, 0.6) is 0 Å². The molecule has 0 saturated heterocycles. The molecule has 1 aromatic carbocycles. The number of benzene rings is 1. The van der Waals surface area contributed by atoms with Gasteiger partial charge in [-0.2, -0.15) is 0 Å². The van der Waals surface area contributed by atoms with Gasteiger partial charge in [0.05, 0.1) is 26.4 Å². The number of quaternary nitrogens is 1. The Hall–Kier alpha value is -3.65. The molecule has 0 fully saturated rings. The molecule has 4 heterocycles. The van der Waals surface area contributed by atoms with Crippen molar-refractivity contribution in [2.45, 2.75) is 39.8 Å². The monoisotopic (exact) mass is 626 g/mol. The summed E-state index contributed by atoms with van der Waals surface area (Å²) in [5, 5.41) is 22.4. The summed E-state index contributed by atoms with van der Waals surface area (Å²) in [4.78, 5) is 26.7. The molecule has 0 radical (unpaired) electrons. The molecule has 0 unspecified atom stereocenters. The van der Waals surface area contributed by atoms with Crippen molar-refractivity contribution >= 4 is 30.6 Å². The van der Waals surface area contributed by atoms with Gasteiger partial charge in [-0.15, -0.1) is 0 Å². The van der Waals surface area contributed by atoms with Crippen LogP contribution in [0.1, 0.15) is 53.1 Å². The molecule has 1 aromatic heterocycles. The predicted octanol–water partition coefficient (Wildman–Crippen LogP) is 2.15. The number of allylic oxidation sites excluding steroid dienone is 2. The Labute approximate surface area is 262 Å². The highest BCUT2D eigenvalue weighted by atomic mass is 19.2. The van der Waals surface area contributed by atoms with E-state index in [-0.39, 0.29) is 51.0 Å². The zero-order chi connectivity index (χ0) is 32.4. The van der Waals surface area contributed by atoms with Gasteiger partial charge >= 0.3 is 6.97 Å². The molecule has 3 aliphatic rings. The van der Waals surface area contributed by atoms with E-state index >= 15 is 8.63 Å². The number of carbonyl (C=O) groups excluding carboxylic acids is 2. The van der Waals surface area contributed by atoms with Crippen LogP contribution in [0.2, 0.25) is 0 Å². The van der Waals surface area contributed by atoms with Gasteiger partial charge in [-0.05, 0) is 42.8 Å². The average molecular weight is 627 g/mol. The number of rotatable bonds is 15. The van der Waals surface area contributed by atoms with Gasteiger partial charge in [-0.1, -0.05) is 12.1 Å². The Bertz CT molecular complexity index is 1560. The van der Waals surface area contributed by atoms with E-state index in [0.717, 1.165) is 25.7 Å². The number of aliphatic hydroxyl groups excluding tert-OH is 2. The summed E-state index contributed by atoms with van der Waals surface area (Å²) in [6.45, 7) is 2.65. The van der Waals surface area contributed by atoms with Gasteiger partial charge in [-0.3, -0.25) is 9.59 Å². The first-order valence-electron chi connectivity index (χ1n) is 15.5. The normalized spacial score (nSPS) is 16.9. The van der Waals surface area contributed by atoms with Crippen LogP contribution in [0, 0.1) is 0 Å². The summed E-state index contributed by atoms with van der Waals surface area (Å²) in [5.74, 6) is -0.258. The third-order valence-corrected chi connectivity index (χ3v) is 9.12. The molecule has 5 rings (SSSR count). The molecule has 0 bridgehead atoms. The number of nitrogens with one attached hydrogen (secondary N) is 1. The van der Waals surface area contributed by atoms with Gasteiger partial charge < -0.3 is 47.2 Å². The number of fused-ring (bicyclic) bond motifs is 3. The summed E-state index contributed by atoms with van der Waals surface area (Å²) in [5.41, 5.74) is 5.31. The van der Waals surface area contributed by atoms with Gasteiger partial charge in [0.15, 0.2) is 5.70 Å². The Morgan fingerprint density at radius 3 is 2.58 bits per heavy atom. The number of amides is 2. The van der Waals surface area contributed by atoms with Crippen molar-refractivity contribution in [2.75, 3.05) is 59.7 Å². The van der Waals surface area contributed by atoms with E-state index in [1.165, 1.54) is 0 Å². The summed E-state index contributed by atoms with van der Waals surface area (Å²) in [7, 11) is 1.77. The van der Waals surface area contributed by atoms with Crippen LogP contribution in [0.3, 0.4) is 0 Å². The molecular formula is C32H43BF2N5O5+. The van der Waals surface area contributed by atoms with E-state index in [1.54, 1.807) is 43.2 Å². The topological polar surface area (TPSA) is 107 Å². The van der Waals surface area contributed by atoms with E-state index < -0.39 is 6.97 Å². The number of aromatic nitrogens is 1. The molecule has 0 spiro atoms. The average Bonchev–Trinajstić information content (AvgIpc) is 3.63. The highest BCUT2D eigenvalue weighted by Crippen LogP contribution is 2.35. The molecule has 45 heavy (non-hydrogen) atoms. The van der Waals surface area contributed by atoms with Crippen LogP contribution in [0.15, 0.2) is 47.7 Å². The first-order valence-corrected chi connectivity index (χ1v) is 15.5. The Kier molecular flexibility index (Phi) is 9.73. The lowest BCUT2D eigenvalue weighted by Crippen LogP contribution is -2.52. The summed E-state index contributed by atoms with van der Waals surface area (Å²) in [6.07, 6.45) is 3.78. The summed E-state index contributed by atoms with van der Waals surface area (Å²) in [6, 6.07) is 9.21. The summed E-state index contributed by atoms with van der Waals surface area (Å²) < 4.78 is 39.6. The lowest BCUT2D eigenvalue weighted by atomic mass is 9.89. The van der Waals surface area contributed by atoms with Crippen molar-refractivity contribution in [3.8, 4) is 0 Å². The number of aryl methyl sites for hydroxylation is 1. The van der Waals surface area contributed by atoms with Gasteiger partial charge in [0, 0.05) is 68.0 Å². The van der Waals surface area contributed by atoms with Gasteiger partial charge in [0.1, 0.15) is 31.9 Å². The lowest BCUT2D eigenvalue weighted by Gasteiger charge is -2.38. The van der Waals surface area contributed by atoms with E-state index in [0.29, 0.717) is 72.2 Å². The van der Waals surface area contributed by atoms with Gasteiger partial charge in [-0.25, -0.2) is 0 Å². The van der Waals surface area contributed by atoms with Crippen molar-refractivity contribution in [1.82, 2.24) is 14.7 Å². The molecule has 2 aromatic rings. The minimum absolute atomic E-state index is 0.00881. The number of halogens is 2. The molecule has 242 valence electrons. The molecule has 0 aliphatic carbocycles. The number of hydrogen-bond donors (Lipinski definition) is 3. The van der Waals surface area contributed by atoms with E-state index in [1.807, 2.05) is 25.1 Å². The predicted molar refractivity (Wildman–Crippen MR) is 168 cm³/mol. The third-order valence-electron chi connectivity index (χ3n) is 9.12. The Morgan fingerprint density at radius 2 is 1.84 bits per heavy atom. The van der Waals surface area contributed by atoms with Gasteiger partial charge in [0.2, 0.25) is 5.91 Å². The smallest absolute Gasteiger partial charge is 0.394 e. The number of hydrogen-bond acceptors (Lipinski definition) is 5. The molecule has 0 atom stereocenters. The number of nitrogens with zero attached hydrogens (tertiary/aromatic N) is 4. The second-order valence-corrected chi connectivity index (χ2v) is 12.3. The Morgan fingerprint density at radius 1 is 1.09 bits per heavy atom. The fourth-order valence-corrected chi connectivity index (χ4v) is 6.83. The van der Waals surface area contributed by atoms with Crippen LogP contribution >= 0.6 is 0 Å². The molecule has 2 amide bonds. The second-order valence-electron chi connectivity index (χ2n) is 12.3. The maximum Gasteiger partial charge on any atom is 0.737 e. The number of carbonyl (C=O) groups is 2. The largest absolute Gasteiger partial charge is 0.737 e. The minimum atomic E-state index is -4.06. The minimum Gasteiger partial charge on any atom is -0.394 e. The molecule has 13 heteroatoms.